The zero-order valence-electron chi connectivity index (χ0n) is 16.2. The molecule has 0 unspecified atom stereocenters. The number of carbonyl (C=O) groups excluding carboxylic acids is 5. The number of amides is 5. The molecule has 1 aromatic carbocycles. The third-order valence-corrected chi connectivity index (χ3v) is 3.79. The number of urea groups is 1. The van der Waals surface area contributed by atoms with Gasteiger partial charge < -0.3 is 10.1 Å². The summed E-state index contributed by atoms with van der Waals surface area (Å²) in [7, 11) is 0. The monoisotopic (exact) mass is 389 g/mol. The number of anilines is 1. The van der Waals surface area contributed by atoms with Crippen molar-refractivity contribution in [2.75, 3.05) is 4.90 Å². The number of hydrogen-bond acceptors (Lipinski definition) is 6. The molecule has 0 saturated carbocycles. The Morgan fingerprint density at radius 1 is 1.04 bits per heavy atom. The molecule has 1 saturated heterocycles. The summed E-state index contributed by atoms with van der Waals surface area (Å²) in [5.74, 6) is -2.12. The van der Waals surface area contributed by atoms with Gasteiger partial charge >= 0.3 is 12.0 Å². The van der Waals surface area contributed by atoms with E-state index in [-0.39, 0.29) is 30.2 Å². The Morgan fingerprint density at radius 2 is 1.57 bits per heavy atom. The van der Waals surface area contributed by atoms with Crippen LogP contribution in [0.15, 0.2) is 24.3 Å². The number of rotatable bonds is 4. The molecule has 1 aliphatic heterocycles. The molecule has 0 aromatic heterocycles. The first-order chi connectivity index (χ1) is 13.0. The van der Waals surface area contributed by atoms with Crippen LogP contribution in [0.4, 0.5) is 10.5 Å². The maximum absolute atomic E-state index is 12.2. The van der Waals surface area contributed by atoms with Gasteiger partial charge in [0.1, 0.15) is 0 Å². The Balaban J connectivity index is 1.95. The number of hydrogen-bond donors (Lipinski definition) is 2. The fraction of sp³-hybridized carbons (Fsp3) is 0.421. The second kappa shape index (κ2) is 8.20. The summed E-state index contributed by atoms with van der Waals surface area (Å²) in [6, 6.07) is 5.02. The number of carbonyl (C=O) groups is 5. The zero-order valence-corrected chi connectivity index (χ0v) is 16.2. The van der Waals surface area contributed by atoms with Gasteiger partial charge in [-0.25, -0.2) is 9.59 Å². The van der Waals surface area contributed by atoms with E-state index in [1.165, 1.54) is 31.2 Å². The number of esters is 1. The summed E-state index contributed by atoms with van der Waals surface area (Å²) in [6.07, 6.45) is -0.865. The van der Waals surface area contributed by atoms with E-state index in [1.807, 2.05) is 0 Å². The van der Waals surface area contributed by atoms with Crippen molar-refractivity contribution in [1.82, 2.24) is 10.6 Å². The lowest BCUT2D eigenvalue weighted by atomic mass is 10.1. The van der Waals surface area contributed by atoms with Gasteiger partial charge in [0, 0.05) is 18.4 Å². The molecule has 5 amide bonds. The van der Waals surface area contributed by atoms with Gasteiger partial charge in [0.2, 0.25) is 11.8 Å². The lowest BCUT2D eigenvalue weighted by molar-refractivity contribution is -0.128. The molecule has 1 aromatic rings. The Morgan fingerprint density at radius 3 is 2.07 bits per heavy atom. The quantitative estimate of drug-likeness (QED) is 0.595. The first-order valence-corrected chi connectivity index (χ1v) is 8.78. The van der Waals surface area contributed by atoms with E-state index in [4.69, 9.17) is 4.74 Å². The van der Waals surface area contributed by atoms with Crippen molar-refractivity contribution in [3.8, 4) is 0 Å². The molecule has 9 heteroatoms. The molecular formula is C19H23N3O6. The molecule has 0 radical (unpaired) electrons. The highest BCUT2D eigenvalue weighted by atomic mass is 16.5. The minimum absolute atomic E-state index is 0.140. The first-order valence-electron chi connectivity index (χ1n) is 8.78. The Bertz CT molecular complexity index is 794. The van der Waals surface area contributed by atoms with Crippen molar-refractivity contribution in [3.63, 3.8) is 0 Å². The summed E-state index contributed by atoms with van der Waals surface area (Å²) in [5.41, 5.74) is -0.0141. The van der Waals surface area contributed by atoms with Crippen LogP contribution >= 0.6 is 0 Å². The Kier molecular flexibility index (Phi) is 6.17. The summed E-state index contributed by atoms with van der Waals surface area (Å²) in [5, 5.41) is 4.66. The Labute approximate surface area is 162 Å². The molecule has 0 bridgehead atoms. The van der Waals surface area contributed by atoms with Crippen LogP contribution in [0, 0.1) is 0 Å². The van der Waals surface area contributed by atoms with Crippen molar-refractivity contribution < 1.29 is 28.7 Å². The van der Waals surface area contributed by atoms with E-state index in [2.05, 4.69) is 10.6 Å². The van der Waals surface area contributed by atoms with Crippen LogP contribution in [-0.4, -0.2) is 41.4 Å². The van der Waals surface area contributed by atoms with Crippen LogP contribution in [0.2, 0.25) is 0 Å². The van der Waals surface area contributed by atoms with Crippen molar-refractivity contribution in [3.05, 3.63) is 29.8 Å². The minimum Gasteiger partial charge on any atom is -0.449 e. The second-order valence-corrected chi connectivity index (χ2v) is 7.41. The van der Waals surface area contributed by atoms with E-state index in [0.717, 1.165) is 4.90 Å². The predicted molar refractivity (Wildman–Crippen MR) is 99.5 cm³/mol. The summed E-state index contributed by atoms with van der Waals surface area (Å²) < 4.78 is 5.06. The van der Waals surface area contributed by atoms with Crippen LogP contribution in [0.3, 0.4) is 0 Å². The molecule has 2 N–H and O–H groups in total. The number of imide groups is 2. The fourth-order valence-corrected chi connectivity index (χ4v) is 2.48. The smallest absolute Gasteiger partial charge is 0.338 e. The van der Waals surface area contributed by atoms with Crippen molar-refractivity contribution >= 4 is 35.4 Å². The predicted octanol–water partition coefficient (Wildman–Crippen LogP) is 1.51. The summed E-state index contributed by atoms with van der Waals surface area (Å²) in [4.78, 5) is 60.4. The normalized spacial score (nSPS) is 15.2. The summed E-state index contributed by atoms with van der Waals surface area (Å²) >= 11 is 0. The van der Waals surface area contributed by atoms with E-state index in [0.29, 0.717) is 5.69 Å². The van der Waals surface area contributed by atoms with E-state index in [9.17, 15) is 24.0 Å². The van der Waals surface area contributed by atoms with Gasteiger partial charge in [-0.3, -0.25) is 24.6 Å². The van der Waals surface area contributed by atoms with Gasteiger partial charge in [0.15, 0.2) is 6.10 Å². The molecule has 1 fully saturated rings. The SMILES string of the molecule is C[C@H](OC(=O)c1ccc(N2C(=O)CCC2=O)cc1)C(=O)NC(=O)NC(C)(C)C. The average molecular weight is 389 g/mol. The maximum Gasteiger partial charge on any atom is 0.338 e. The van der Waals surface area contributed by atoms with Gasteiger partial charge in [0.05, 0.1) is 11.3 Å². The molecule has 9 nitrogen and oxygen atoms in total. The Hall–Kier alpha value is -3.23. The van der Waals surface area contributed by atoms with Crippen LogP contribution in [0.5, 0.6) is 0 Å². The number of nitrogens with zero attached hydrogens (tertiary/aromatic N) is 1. The molecule has 150 valence electrons. The van der Waals surface area contributed by atoms with Gasteiger partial charge in [-0.1, -0.05) is 0 Å². The molecule has 0 aliphatic carbocycles. The minimum atomic E-state index is -1.19. The number of nitrogens with one attached hydrogen (secondary N) is 2. The van der Waals surface area contributed by atoms with Crippen LogP contribution in [0.25, 0.3) is 0 Å². The highest BCUT2D eigenvalue weighted by Gasteiger charge is 2.30. The molecule has 28 heavy (non-hydrogen) atoms. The van der Waals surface area contributed by atoms with Crippen molar-refractivity contribution in [2.24, 2.45) is 0 Å². The molecule has 2 rings (SSSR count). The summed E-state index contributed by atoms with van der Waals surface area (Å²) in [6.45, 7) is 6.61. The molecule has 0 spiro atoms. The lowest BCUT2D eigenvalue weighted by Crippen LogP contribution is -2.50. The number of ether oxygens (including phenoxy) is 1. The third kappa shape index (κ3) is 5.38. The largest absolute Gasteiger partial charge is 0.449 e. The first kappa shape index (κ1) is 21.1. The average Bonchev–Trinajstić information content (AvgIpc) is 2.91. The topological polar surface area (TPSA) is 122 Å². The van der Waals surface area contributed by atoms with Gasteiger partial charge in [-0.15, -0.1) is 0 Å². The molecule has 1 aliphatic rings. The molecule has 1 heterocycles. The van der Waals surface area contributed by atoms with E-state index in [1.54, 1.807) is 20.8 Å². The standard InChI is InChI=1S/C19H23N3O6/c1-11(16(25)20-18(27)21-19(2,3)4)28-17(26)12-5-7-13(8-6-12)22-14(23)9-10-15(22)24/h5-8,11H,9-10H2,1-4H3,(H2,20,21,25,27)/t11-/m0/s1. The highest BCUT2D eigenvalue weighted by Crippen LogP contribution is 2.23. The van der Waals surface area contributed by atoms with Gasteiger partial charge in [0.25, 0.3) is 5.91 Å². The third-order valence-electron chi connectivity index (χ3n) is 3.79. The maximum atomic E-state index is 12.2. The number of benzene rings is 1. The van der Waals surface area contributed by atoms with Crippen LogP contribution in [0.1, 0.15) is 50.9 Å². The van der Waals surface area contributed by atoms with Gasteiger partial charge in [-0.05, 0) is 52.0 Å². The van der Waals surface area contributed by atoms with Crippen LogP contribution < -0.4 is 15.5 Å². The van der Waals surface area contributed by atoms with Gasteiger partial charge in [-0.2, -0.15) is 0 Å². The molecule has 1 atom stereocenters. The van der Waals surface area contributed by atoms with Crippen molar-refractivity contribution in [2.45, 2.75) is 52.2 Å². The van der Waals surface area contributed by atoms with E-state index < -0.39 is 29.6 Å². The fourth-order valence-electron chi connectivity index (χ4n) is 2.48. The van der Waals surface area contributed by atoms with Crippen LogP contribution in [-0.2, 0) is 19.1 Å². The second-order valence-electron chi connectivity index (χ2n) is 7.41. The van der Waals surface area contributed by atoms with Crippen molar-refractivity contribution in [1.29, 1.82) is 0 Å². The molecular weight excluding hydrogens is 366 g/mol. The highest BCUT2D eigenvalue weighted by molar-refractivity contribution is 6.19. The van der Waals surface area contributed by atoms with E-state index >= 15 is 0 Å². The lowest BCUT2D eigenvalue weighted by Gasteiger charge is -2.21. The zero-order chi connectivity index (χ0) is 21.1.